The molecule has 1 unspecified atom stereocenters. The van der Waals surface area contributed by atoms with Crippen molar-refractivity contribution in [2.24, 2.45) is 0 Å². The van der Waals surface area contributed by atoms with E-state index in [0.29, 0.717) is 0 Å². The lowest BCUT2D eigenvalue weighted by Crippen LogP contribution is -2.25. The summed E-state index contributed by atoms with van der Waals surface area (Å²) < 4.78 is 8.87. The Morgan fingerprint density at radius 1 is 1.82 bits per heavy atom. The van der Waals surface area contributed by atoms with Crippen molar-refractivity contribution >= 4 is 11.9 Å². The number of cyclic esters (lactones) is 1. The number of carbonyl (C=O) groups is 2. The second-order valence-electron chi connectivity index (χ2n) is 2.23. The fourth-order valence-corrected chi connectivity index (χ4v) is 0.837. The molecule has 2 atom stereocenters. The molecule has 1 aliphatic heterocycles. The third-order valence-electron chi connectivity index (χ3n) is 1.26. The molecule has 0 aromatic carbocycles. The van der Waals surface area contributed by atoms with Crippen molar-refractivity contribution in [1.82, 2.24) is 0 Å². The van der Waals surface area contributed by atoms with E-state index in [-0.39, 0.29) is 6.42 Å². The third kappa shape index (κ3) is 1.91. The first-order valence-corrected chi connectivity index (χ1v) is 3.14. The summed E-state index contributed by atoms with van der Waals surface area (Å²) in [7, 11) is 0. The highest BCUT2D eigenvalue weighted by Crippen LogP contribution is 2.15. The second kappa shape index (κ2) is 2.87. The van der Waals surface area contributed by atoms with Crippen LogP contribution in [0.2, 0.25) is 0 Å². The Morgan fingerprint density at radius 2 is 2.45 bits per heavy atom. The van der Waals surface area contributed by atoms with Gasteiger partial charge in [0.1, 0.15) is 0 Å². The van der Waals surface area contributed by atoms with Gasteiger partial charge in [-0.2, -0.15) is 0 Å². The van der Waals surface area contributed by atoms with Crippen molar-refractivity contribution < 1.29 is 24.2 Å². The standard InChI is InChI=1S/C6H8O5/c1-3(7)10-4-2-5(8)11-6(4)9/h4,6,9H,2H2,1H3/t4-,6?/m0/s1. The molecule has 1 N–H and O–H groups in total. The van der Waals surface area contributed by atoms with E-state index in [4.69, 9.17) is 5.11 Å². The van der Waals surface area contributed by atoms with Crippen LogP contribution in [-0.2, 0) is 19.1 Å². The quantitative estimate of drug-likeness (QED) is 0.507. The summed E-state index contributed by atoms with van der Waals surface area (Å²) in [6.07, 6.45) is -2.20. The number of rotatable bonds is 1. The number of aliphatic hydroxyl groups is 1. The fourth-order valence-electron chi connectivity index (χ4n) is 0.837. The number of hydrogen-bond acceptors (Lipinski definition) is 5. The first-order valence-electron chi connectivity index (χ1n) is 3.14. The normalized spacial score (nSPS) is 29.8. The Hall–Kier alpha value is -1.10. The number of aliphatic hydroxyl groups excluding tert-OH is 1. The maximum absolute atomic E-state index is 10.5. The van der Waals surface area contributed by atoms with Gasteiger partial charge in [-0.1, -0.05) is 0 Å². The van der Waals surface area contributed by atoms with Gasteiger partial charge in [-0.15, -0.1) is 0 Å². The minimum Gasteiger partial charge on any atom is -0.455 e. The van der Waals surface area contributed by atoms with Crippen molar-refractivity contribution in [3.8, 4) is 0 Å². The van der Waals surface area contributed by atoms with E-state index in [1.54, 1.807) is 0 Å². The highest BCUT2D eigenvalue weighted by molar-refractivity contribution is 5.73. The largest absolute Gasteiger partial charge is 0.455 e. The van der Waals surface area contributed by atoms with E-state index >= 15 is 0 Å². The Kier molecular flexibility index (Phi) is 2.09. The highest BCUT2D eigenvalue weighted by atomic mass is 16.7. The molecule has 0 aromatic heterocycles. The zero-order valence-corrected chi connectivity index (χ0v) is 5.94. The van der Waals surface area contributed by atoms with Crippen LogP contribution in [0, 0.1) is 0 Å². The van der Waals surface area contributed by atoms with Crippen LogP contribution in [0.15, 0.2) is 0 Å². The SMILES string of the molecule is CC(=O)O[C@H]1CC(=O)OC1O. The van der Waals surface area contributed by atoms with Crippen molar-refractivity contribution in [1.29, 1.82) is 0 Å². The molecule has 0 amide bonds. The van der Waals surface area contributed by atoms with Crippen LogP contribution in [-0.4, -0.2) is 29.4 Å². The van der Waals surface area contributed by atoms with Gasteiger partial charge >= 0.3 is 11.9 Å². The molecule has 0 spiro atoms. The topological polar surface area (TPSA) is 72.8 Å². The van der Waals surface area contributed by atoms with Gasteiger partial charge in [0.25, 0.3) is 0 Å². The van der Waals surface area contributed by atoms with Crippen LogP contribution < -0.4 is 0 Å². The third-order valence-corrected chi connectivity index (χ3v) is 1.26. The Morgan fingerprint density at radius 3 is 2.82 bits per heavy atom. The average Bonchev–Trinajstić information content (AvgIpc) is 2.09. The minimum atomic E-state index is -1.30. The molecule has 0 saturated carbocycles. The Labute approximate surface area is 62.9 Å². The van der Waals surface area contributed by atoms with Crippen LogP contribution in [0.1, 0.15) is 13.3 Å². The Bertz CT molecular complexity index is 187. The van der Waals surface area contributed by atoms with Gasteiger partial charge in [0.15, 0.2) is 6.10 Å². The summed E-state index contributed by atoms with van der Waals surface area (Å²) in [5.41, 5.74) is 0. The van der Waals surface area contributed by atoms with Crippen molar-refractivity contribution in [2.75, 3.05) is 0 Å². The lowest BCUT2D eigenvalue weighted by molar-refractivity contribution is -0.171. The molecular weight excluding hydrogens is 152 g/mol. The van der Waals surface area contributed by atoms with E-state index in [2.05, 4.69) is 9.47 Å². The molecule has 1 fully saturated rings. The van der Waals surface area contributed by atoms with Gasteiger partial charge in [0, 0.05) is 6.92 Å². The van der Waals surface area contributed by atoms with Crippen LogP contribution in [0.4, 0.5) is 0 Å². The predicted octanol–water partition coefficient (Wildman–Crippen LogP) is -0.817. The first kappa shape index (κ1) is 8.00. The fraction of sp³-hybridized carbons (Fsp3) is 0.667. The lowest BCUT2D eigenvalue weighted by atomic mass is 10.3. The lowest BCUT2D eigenvalue weighted by Gasteiger charge is -2.10. The molecule has 1 saturated heterocycles. The summed E-state index contributed by atoms with van der Waals surface area (Å²) >= 11 is 0. The van der Waals surface area contributed by atoms with Crippen molar-refractivity contribution in [2.45, 2.75) is 25.7 Å². The van der Waals surface area contributed by atoms with Crippen molar-refractivity contribution in [3.63, 3.8) is 0 Å². The van der Waals surface area contributed by atoms with Crippen LogP contribution >= 0.6 is 0 Å². The minimum absolute atomic E-state index is 0.0687. The van der Waals surface area contributed by atoms with E-state index in [9.17, 15) is 9.59 Å². The first-order chi connectivity index (χ1) is 5.09. The molecule has 0 aromatic rings. The summed E-state index contributed by atoms with van der Waals surface area (Å²) in [4.78, 5) is 20.8. The summed E-state index contributed by atoms with van der Waals surface area (Å²) in [6, 6.07) is 0. The molecule has 1 rings (SSSR count). The van der Waals surface area contributed by atoms with Crippen molar-refractivity contribution in [3.05, 3.63) is 0 Å². The van der Waals surface area contributed by atoms with E-state index in [1.165, 1.54) is 6.92 Å². The van der Waals surface area contributed by atoms with Crippen LogP contribution in [0.5, 0.6) is 0 Å². The van der Waals surface area contributed by atoms with Gasteiger partial charge in [0.2, 0.25) is 6.29 Å². The predicted molar refractivity (Wildman–Crippen MR) is 32.3 cm³/mol. The monoisotopic (exact) mass is 160 g/mol. The van der Waals surface area contributed by atoms with Gasteiger partial charge in [0.05, 0.1) is 6.42 Å². The van der Waals surface area contributed by atoms with Gasteiger partial charge in [-0.3, -0.25) is 9.59 Å². The molecule has 11 heavy (non-hydrogen) atoms. The van der Waals surface area contributed by atoms with Crippen LogP contribution in [0.3, 0.4) is 0 Å². The summed E-state index contributed by atoms with van der Waals surface area (Å²) in [5.74, 6) is -1.09. The molecule has 5 nitrogen and oxygen atoms in total. The summed E-state index contributed by atoms with van der Waals surface area (Å²) in [6.45, 7) is 1.20. The molecule has 62 valence electrons. The molecule has 0 radical (unpaired) electrons. The number of carbonyl (C=O) groups excluding carboxylic acids is 2. The number of ether oxygens (including phenoxy) is 2. The molecule has 5 heteroatoms. The molecule has 0 bridgehead atoms. The molecular formula is C6H8O5. The maximum Gasteiger partial charge on any atom is 0.312 e. The van der Waals surface area contributed by atoms with Crippen LogP contribution in [0.25, 0.3) is 0 Å². The van der Waals surface area contributed by atoms with Gasteiger partial charge in [-0.05, 0) is 0 Å². The molecule has 1 heterocycles. The van der Waals surface area contributed by atoms with E-state index in [0.717, 1.165) is 0 Å². The maximum atomic E-state index is 10.5. The zero-order chi connectivity index (χ0) is 8.43. The van der Waals surface area contributed by atoms with E-state index < -0.39 is 24.3 Å². The smallest absolute Gasteiger partial charge is 0.312 e. The highest BCUT2D eigenvalue weighted by Gasteiger charge is 2.35. The average molecular weight is 160 g/mol. The summed E-state index contributed by atoms with van der Waals surface area (Å²) in [5, 5.41) is 8.89. The second-order valence-corrected chi connectivity index (χ2v) is 2.23. The zero-order valence-electron chi connectivity index (χ0n) is 5.94. The molecule has 0 aliphatic carbocycles. The van der Waals surface area contributed by atoms with Gasteiger partial charge in [-0.25, -0.2) is 0 Å². The Balaban J connectivity index is 2.46. The molecule has 1 aliphatic rings. The van der Waals surface area contributed by atoms with E-state index in [1.807, 2.05) is 0 Å². The van der Waals surface area contributed by atoms with Gasteiger partial charge < -0.3 is 14.6 Å². The number of esters is 2. The number of hydrogen-bond donors (Lipinski definition) is 1.